The molecule has 0 aliphatic heterocycles. The number of fused-ring (bicyclic) bond motifs is 1. The maximum atomic E-state index is 11.9. The van der Waals surface area contributed by atoms with Crippen LogP contribution in [0.1, 0.15) is 19.3 Å². The van der Waals surface area contributed by atoms with Gasteiger partial charge < -0.3 is 19.9 Å². The van der Waals surface area contributed by atoms with Gasteiger partial charge in [0, 0.05) is 24.7 Å². The van der Waals surface area contributed by atoms with Crippen molar-refractivity contribution in [2.24, 2.45) is 5.92 Å². The standard InChI is InChI=1S/C29H36N6O3S/c1-35(2)16-17-38-23-14-12-21(13-15-23)27-25(20-8-5-4-6-9-20)26-28(31-19-32-29(26)33-27)30-18-22-10-7-11-24(22)34-39(3,36)37/h4-6,8-9,12-15,19,22,24,34H,7,10-11,16-18H2,1-3H3,(H2,30,31,32,33)/t22-,24-/m0/s1. The van der Waals surface area contributed by atoms with Crippen LogP contribution >= 0.6 is 0 Å². The van der Waals surface area contributed by atoms with Crippen molar-refractivity contribution in [3.8, 4) is 28.1 Å². The van der Waals surface area contributed by atoms with E-state index in [2.05, 4.69) is 54.2 Å². The van der Waals surface area contributed by atoms with Gasteiger partial charge in [0.05, 0.1) is 17.3 Å². The Hall–Kier alpha value is -3.47. The Bertz CT molecular complexity index is 1500. The average Bonchev–Trinajstić information content (AvgIpc) is 3.51. The van der Waals surface area contributed by atoms with E-state index >= 15 is 0 Å². The highest BCUT2D eigenvalue weighted by Crippen LogP contribution is 2.41. The molecular weight excluding hydrogens is 512 g/mol. The number of nitrogens with one attached hydrogen (secondary N) is 3. The first kappa shape index (κ1) is 27.1. The summed E-state index contributed by atoms with van der Waals surface area (Å²) in [6, 6.07) is 18.3. The molecule has 0 bridgehead atoms. The number of likely N-dealkylation sites (N-methyl/N-ethyl adjacent to an activating group) is 1. The van der Waals surface area contributed by atoms with E-state index in [-0.39, 0.29) is 12.0 Å². The zero-order chi connectivity index (χ0) is 27.4. The van der Waals surface area contributed by atoms with Crippen molar-refractivity contribution in [2.75, 3.05) is 45.4 Å². The van der Waals surface area contributed by atoms with Gasteiger partial charge in [-0.15, -0.1) is 0 Å². The van der Waals surface area contributed by atoms with Crippen molar-refractivity contribution < 1.29 is 13.2 Å². The number of aromatic nitrogens is 3. The monoisotopic (exact) mass is 548 g/mol. The fourth-order valence-electron chi connectivity index (χ4n) is 5.27. The number of anilines is 1. The minimum atomic E-state index is -3.26. The van der Waals surface area contributed by atoms with Crippen LogP contribution in [0.25, 0.3) is 33.4 Å². The molecule has 206 valence electrons. The van der Waals surface area contributed by atoms with Crippen LogP contribution in [0, 0.1) is 5.92 Å². The number of aromatic amines is 1. The summed E-state index contributed by atoms with van der Waals surface area (Å²) in [6.07, 6.45) is 5.58. The maximum Gasteiger partial charge on any atom is 0.208 e. The predicted molar refractivity (Wildman–Crippen MR) is 156 cm³/mol. The van der Waals surface area contributed by atoms with E-state index in [4.69, 9.17) is 4.74 Å². The zero-order valence-electron chi connectivity index (χ0n) is 22.6. The Kier molecular flexibility index (Phi) is 8.15. The second kappa shape index (κ2) is 11.7. The average molecular weight is 549 g/mol. The lowest BCUT2D eigenvalue weighted by molar-refractivity contribution is 0.261. The molecule has 0 spiro atoms. The summed E-state index contributed by atoms with van der Waals surface area (Å²) in [5.41, 5.74) is 4.79. The highest BCUT2D eigenvalue weighted by atomic mass is 32.2. The molecule has 3 N–H and O–H groups in total. The predicted octanol–water partition coefficient (Wildman–Crippen LogP) is 4.36. The van der Waals surface area contributed by atoms with E-state index in [1.165, 1.54) is 6.26 Å². The summed E-state index contributed by atoms with van der Waals surface area (Å²) >= 11 is 0. The van der Waals surface area contributed by atoms with Crippen LogP contribution < -0.4 is 14.8 Å². The van der Waals surface area contributed by atoms with Crippen LogP contribution in [0.15, 0.2) is 60.9 Å². The van der Waals surface area contributed by atoms with Gasteiger partial charge in [0.15, 0.2) is 0 Å². The number of benzene rings is 2. The lowest BCUT2D eigenvalue weighted by atomic mass is 9.98. The molecule has 2 aromatic heterocycles. The summed E-state index contributed by atoms with van der Waals surface area (Å²) < 4.78 is 32.4. The minimum absolute atomic E-state index is 0.0707. The Labute approximate surface area is 230 Å². The number of ether oxygens (including phenoxy) is 1. The molecule has 1 fully saturated rings. The molecule has 39 heavy (non-hydrogen) atoms. The molecule has 10 heteroatoms. The summed E-state index contributed by atoms with van der Waals surface area (Å²) in [7, 11) is 0.792. The summed E-state index contributed by atoms with van der Waals surface area (Å²) in [5.74, 6) is 1.74. The van der Waals surface area contributed by atoms with Gasteiger partial charge in [-0.1, -0.05) is 36.8 Å². The molecule has 0 saturated heterocycles. The fourth-order valence-corrected chi connectivity index (χ4v) is 6.13. The van der Waals surface area contributed by atoms with E-state index in [0.29, 0.717) is 13.2 Å². The van der Waals surface area contributed by atoms with Gasteiger partial charge in [-0.3, -0.25) is 0 Å². The third-order valence-corrected chi connectivity index (χ3v) is 7.89. The van der Waals surface area contributed by atoms with E-state index in [1.807, 2.05) is 44.4 Å². The van der Waals surface area contributed by atoms with Crippen LogP contribution in [0.5, 0.6) is 5.75 Å². The summed E-state index contributed by atoms with van der Waals surface area (Å²) in [5, 5.41) is 4.44. The molecule has 0 unspecified atom stereocenters. The van der Waals surface area contributed by atoms with Gasteiger partial charge in [0.1, 0.15) is 30.1 Å². The third-order valence-electron chi connectivity index (χ3n) is 7.16. The Balaban J connectivity index is 1.47. The molecule has 0 amide bonds. The number of hydrogen-bond donors (Lipinski definition) is 3. The van der Waals surface area contributed by atoms with Gasteiger partial charge >= 0.3 is 0 Å². The number of H-pyrrole nitrogens is 1. The minimum Gasteiger partial charge on any atom is -0.492 e. The SMILES string of the molecule is CN(C)CCOc1ccc(-c2[nH]c3ncnc(NC[C@@H]4CCC[C@@H]4NS(C)(=O)=O)c3c2-c2ccccc2)cc1. The largest absolute Gasteiger partial charge is 0.492 e. The smallest absolute Gasteiger partial charge is 0.208 e. The van der Waals surface area contributed by atoms with Crippen LogP contribution in [0.3, 0.4) is 0 Å². The maximum absolute atomic E-state index is 11.9. The summed E-state index contributed by atoms with van der Waals surface area (Å²) in [6.45, 7) is 2.09. The van der Waals surface area contributed by atoms with Gasteiger partial charge in [0.2, 0.25) is 10.0 Å². The Morgan fingerprint density at radius 1 is 1.03 bits per heavy atom. The van der Waals surface area contributed by atoms with Gasteiger partial charge in [-0.05, 0) is 68.2 Å². The number of hydrogen-bond acceptors (Lipinski definition) is 7. The molecule has 2 aromatic carbocycles. The van der Waals surface area contributed by atoms with Crippen molar-refractivity contribution in [1.82, 2.24) is 24.6 Å². The molecule has 1 aliphatic rings. The molecule has 2 heterocycles. The first-order valence-corrected chi connectivity index (χ1v) is 15.2. The molecule has 0 radical (unpaired) electrons. The van der Waals surface area contributed by atoms with Crippen LogP contribution in [-0.2, 0) is 10.0 Å². The van der Waals surface area contributed by atoms with Crippen molar-refractivity contribution in [1.29, 1.82) is 0 Å². The normalized spacial score (nSPS) is 17.6. The number of sulfonamides is 1. The molecule has 4 aromatic rings. The molecule has 1 saturated carbocycles. The first-order chi connectivity index (χ1) is 18.8. The number of rotatable bonds is 11. The summed E-state index contributed by atoms with van der Waals surface area (Å²) in [4.78, 5) is 14.8. The second-order valence-electron chi connectivity index (χ2n) is 10.4. The van der Waals surface area contributed by atoms with E-state index in [0.717, 1.165) is 70.8 Å². The topological polar surface area (TPSA) is 112 Å². The first-order valence-electron chi connectivity index (χ1n) is 13.3. The van der Waals surface area contributed by atoms with Crippen molar-refractivity contribution in [2.45, 2.75) is 25.3 Å². The van der Waals surface area contributed by atoms with Gasteiger partial charge in [0.25, 0.3) is 0 Å². The highest BCUT2D eigenvalue weighted by molar-refractivity contribution is 7.88. The molecule has 5 rings (SSSR count). The second-order valence-corrected chi connectivity index (χ2v) is 12.2. The van der Waals surface area contributed by atoms with E-state index in [1.54, 1.807) is 6.33 Å². The molecule has 1 aliphatic carbocycles. The van der Waals surface area contributed by atoms with Gasteiger partial charge in [-0.2, -0.15) is 0 Å². The molecular formula is C29H36N6O3S. The quantitative estimate of drug-likeness (QED) is 0.255. The molecule has 9 nitrogen and oxygen atoms in total. The Morgan fingerprint density at radius 3 is 2.51 bits per heavy atom. The van der Waals surface area contributed by atoms with Crippen molar-refractivity contribution in [3.05, 3.63) is 60.9 Å². The lowest BCUT2D eigenvalue weighted by Crippen LogP contribution is -2.39. The van der Waals surface area contributed by atoms with Crippen LogP contribution in [0.2, 0.25) is 0 Å². The number of nitrogens with zero attached hydrogens (tertiary/aromatic N) is 3. The third kappa shape index (κ3) is 6.58. The van der Waals surface area contributed by atoms with Crippen LogP contribution in [-0.4, -0.2) is 74.4 Å². The lowest BCUT2D eigenvalue weighted by Gasteiger charge is -2.21. The zero-order valence-corrected chi connectivity index (χ0v) is 23.5. The van der Waals surface area contributed by atoms with E-state index in [9.17, 15) is 8.42 Å². The Morgan fingerprint density at radius 2 is 1.79 bits per heavy atom. The molecule has 2 atom stereocenters. The van der Waals surface area contributed by atoms with Crippen LogP contribution in [0.4, 0.5) is 5.82 Å². The van der Waals surface area contributed by atoms with Gasteiger partial charge in [-0.25, -0.2) is 23.1 Å². The highest BCUT2D eigenvalue weighted by Gasteiger charge is 2.30. The fraction of sp³-hybridized carbons (Fsp3) is 0.379. The van der Waals surface area contributed by atoms with Crippen molar-refractivity contribution in [3.63, 3.8) is 0 Å². The van der Waals surface area contributed by atoms with E-state index < -0.39 is 10.0 Å². The van der Waals surface area contributed by atoms with Crippen molar-refractivity contribution >= 4 is 26.9 Å².